The lowest BCUT2D eigenvalue weighted by atomic mass is 10.5. The van der Waals surface area contributed by atoms with E-state index in [1.807, 2.05) is 0 Å². The highest BCUT2D eigenvalue weighted by Crippen LogP contribution is 1.65. The van der Waals surface area contributed by atoms with Gasteiger partial charge in [-0.1, -0.05) is 0 Å². The summed E-state index contributed by atoms with van der Waals surface area (Å²) in [6.07, 6.45) is 0.500. The van der Waals surface area contributed by atoms with Crippen LogP contribution in [0.2, 0.25) is 0 Å². The molecule has 0 fully saturated rings. The maximum Gasteiger partial charge on any atom is 0.0452 e. The molecule has 0 rings (SSSR count). The van der Waals surface area contributed by atoms with E-state index in [2.05, 4.69) is 0 Å². The molecule has 0 aliphatic carbocycles. The zero-order chi connectivity index (χ0) is 4.12. The molecule has 0 aliphatic rings. The Hall–Kier alpha value is 1.08. The Morgan fingerprint density at radius 2 is 0.889 bits per heavy atom. The van der Waals surface area contributed by atoms with Crippen LogP contribution >= 0.6 is 49.6 Å². The second-order valence-corrected chi connectivity index (χ2v) is 0.801. The van der Waals surface area contributed by atoms with Gasteiger partial charge in [-0.2, -0.15) is 0 Å². The van der Waals surface area contributed by atoms with Crippen LogP contribution in [0.15, 0.2) is 0 Å². The highest BCUT2D eigenvalue weighted by molar-refractivity contribution is 5.86. The molecule has 0 aromatic heterocycles. The van der Waals surface area contributed by atoms with Gasteiger partial charge in [-0.3, -0.25) is 0 Å². The van der Waals surface area contributed by atoms with Crippen molar-refractivity contribution in [3.8, 4) is 0 Å². The second kappa shape index (κ2) is 35.6. The molecule has 0 bridgehead atoms. The molecule has 0 heterocycles. The quantitative estimate of drug-likeness (QED) is 0.732. The Morgan fingerprint density at radius 3 is 0.889 bits per heavy atom. The highest BCUT2D eigenvalue weighted by atomic mass is 35.5. The predicted octanol–water partition coefficient (Wildman–Crippen LogP) is 1.05. The van der Waals surface area contributed by atoms with E-state index in [1.54, 1.807) is 0 Å². The fraction of sp³-hybridized carbons (Fsp3) is 1.00. The number of halogens is 4. The number of aliphatic hydroxyl groups is 2. The molecule has 2 N–H and O–H groups in total. The van der Waals surface area contributed by atoms with Crippen molar-refractivity contribution in [3.05, 3.63) is 0 Å². The summed E-state index contributed by atoms with van der Waals surface area (Å²) in [5, 5.41) is 15.8. The Balaban J connectivity index is -0.0000000133. The molecule has 0 unspecified atom stereocenters. The minimum atomic E-state index is 0. The van der Waals surface area contributed by atoms with Crippen molar-refractivity contribution in [1.29, 1.82) is 0 Å². The third-order valence-electron chi connectivity index (χ3n) is 0.316. The Labute approximate surface area is 79.7 Å². The largest absolute Gasteiger partial charge is 0.396 e. The van der Waals surface area contributed by atoms with Gasteiger partial charge in [0.05, 0.1) is 0 Å². The van der Waals surface area contributed by atoms with Gasteiger partial charge in [0, 0.05) is 13.2 Å². The van der Waals surface area contributed by atoms with Crippen molar-refractivity contribution in [2.24, 2.45) is 0 Å². The van der Waals surface area contributed by atoms with Crippen LogP contribution in [-0.4, -0.2) is 23.4 Å². The lowest BCUT2D eigenvalue weighted by Gasteiger charge is -1.79. The van der Waals surface area contributed by atoms with Crippen LogP contribution in [0, 0.1) is 0 Å². The van der Waals surface area contributed by atoms with Crippen LogP contribution in [-0.2, 0) is 0 Å². The summed E-state index contributed by atoms with van der Waals surface area (Å²) in [5.74, 6) is 0. The lowest BCUT2D eigenvalue weighted by molar-refractivity contribution is 0.221. The smallest absolute Gasteiger partial charge is 0.0452 e. The van der Waals surface area contributed by atoms with Gasteiger partial charge in [0.15, 0.2) is 0 Å². The van der Waals surface area contributed by atoms with Gasteiger partial charge in [-0.15, -0.1) is 49.6 Å². The third kappa shape index (κ3) is 48.0. The number of hydrogen-bond donors (Lipinski definition) is 2. The molecule has 2 nitrogen and oxygen atoms in total. The maximum absolute atomic E-state index is 7.91. The van der Waals surface area contributed by atoms with Crippen molar-refractivity contribution in [2.45, 2.75) is 6.42 Å². The van der Waals surface area contributed by atoms with Gasteiger partial charge in [0.1, 0.15) is 0 Å². The molecule has 6 heteroatoms. The Kier molecular flexibility index (Phi) is 127. The number of aliphatic hydroxyl groups excluding tert-OH is 2. The molecule has 0 spiro atoms. The van der Waals surface area contributed by atoms with E-state index >= 15 is 0 Å². The summed E-state index contributed by atoms with van der Waals surface area (Å²) in [7, 11) is 0. The average Bonchev–Trinajstić information content (AvgIpc) is 1.41. The predicted molar refractivity (Wildman–Crippen MR) is 47.8 cm³/mol. The molecule has 0 saturated carbocycles. The number of hydrogen-bond acceptors (Lipinski definition) is 2. The molecule has 0 aromatic rings. The summed E-state index contributed by atoms with van der Waals surface area (Å²) in [5.41, 5.74) is 0. The molecule has 64 valence electrons. The van der Waals surface area contributed by atoms with Crippen LogP contribution in [0.25, 0.3) is 0 Å². The maximum atomic E-state index is 7.91. The van der Waals surface area contributed by atoms with Crippen LogP contribution in [0.3, 0.4) is 0 Å². The summed E-state index contributed by atoms with van der Waals surface area (Å²) in [6.45, 7) is 0.188. The topological polar surface area (TPSA) is 40.5 Å². The molecule has 0 radical (unpaired) electrons. The van der Waals surface area contributed by atoms with Crippen molar-refractivity contribution < 1.29 is 10.2 Å². The lowest BCUT2D eigenvalue weighted by Crippen LogP contribution is -1.85. The third-order valence-corrected chi connectivity index (χ3v) is 0.316. The van der Waals surface area contributed by atoms with E-state index in [-0.39, 0.29) is 62.8 Å². The van der Waals surface area contributed by atoms with Gasteiger partial charge in [-0.25, -0.2) is 0 Å². The number of rotatable bonds is 2. The van der Waals surface area contributed by atoms with Gasteiger partial charge in [0.2, 0.25) is 0 Å². The monoisotopic (exact) mass is 220 g/mol. The van der Waals surface area contributed by atoms with Crippen molar-refractivity contribution in [3.63, 3.8) is 0 Å². The minimum Gasteiger partial charge on any atom is -0.396 e. The van der Waals surface area contributed by atoms with E-state index < -0.39 is 0 Å². The van der Waals surface area contributed by atoms with E-state index in [0.29, 0.717) is 6.42 Å². The summed E-state index contributed by atoms with van der Waals surface area (Å²) in [4.78, 5) is 0. The van der Waals surface area contributed by atoms with E-state index in [0.717, 1.165) is 0 Å². The zero-order valence-corrected chi connectivity index (χ0v) is 7.91. The van der Waals surface area contributed by atoms with E-state index in [9.17, 15) is 0 Å². The molecule has 9 heavy (non-hydrogen) atoms. The van der Waals surface area contributed by atoms with Crippen LogP contribution in [0.4, 0.5) is 0 Å². The summed E-state index contributed by atoms with van der Waals surface area (Å²) < 4.78 is 0. The van der Waals surface area contributed by atoms with Gasteiger partial charge < -0.3 is 10.2 Å². The van der Waals surface area contributed by atoms with Gasteiger partial charge in [0.25, 0.3) is 0 Å². The van der Waals surface area contributed by atoms with E-state index in [1.165, 1.54) is 0 Å². The summed E-state index contributed by atoms with van der Waals surface area (Å²) in [6, 6.07) is 0. The first-order chi connectivity index (χ1) is 2.41. The Morgan fingerprint density at radius 1 is 0.667 bits per heavy atom. The Bertz CT molecular complexity index is 21.3. The second-order valence-electron chi connectivity index (χ2n) is 0.801. The fourth-order valence-electron chi connectivity index (χ4n) is 0.0707. The van der Waals surface area contributed by atoms with Crippen molar-refractivity contribution in [2.75, 3.05) is 13.2 Å². The average molecular weight is 222 g/mol. The van der Waals surface area contributed by atoms with Crippen LogP contribution < -0.4 is 0 Å². The molecular weight excluding hydrogens is 210 g/mol. The molecule has 0 aliphatic heterocycles. The first-order valence-electron chi connectivity index (χ1n) is 1.63. The zero-order valence-electron chi connectivity index (χ0n) is 4.65. The van der Waals surface area contributed by atoms with E-state index in [4.69, 9.17) is 10.2 Å². The fourth-order valence-corrected chi connectivity index (χ4v) is 0.0707. The first-order valence-corrected chi connectivity index (χ1v) is 1.63. The first kappa shape index (κ1) is 32.2. The standard InChI is InChI=1S/C3H8O2.4ClH/c4-2-1-3-5;;;;/h4-5H,1-3H2;4*1H. The highest BCUT2D eigenvalue weighted by Gasteiger charge is 1.70. The van der Waals surface area contributed by atoms with Crippen molar-refractivity contribution in [1.82, 2.24) is 0 Å². The van der Waals surface area contributed by atoms with Crippen LogP contribution in [0.1, 0.15) is 6.42 Å². The van der Waals surface area contributed by atoms with Crippen molar-refractivity contribution >= 4 is 49.6 Å². The summed E-state index contributed by atoms with van der Waals surface area (Å²) >= 11 is 0. The minimum absolute atomic E-state index is 0. The molecule has 0 saturated heterocycles. The molecule has 0 atom stereocenters. The normalized spacial score (nSPS) is 4.67. The molecule has 0 aromatic carbocycles. The van der Waals surface area contributed by atoms with Gasteiger partial charge in [-0.05, 0) is 6.42 Å². The van der Waals surface area contributed by atoms with Crippen LogP contribution in [0.5, 0.6) is 0 Å². The molecular formula is C3H12Cl4O2. The molecule has 0 amide bonds. The van der Waals surface area contributed by atoms with Gasteiger partial charge >= 0.3 is 0 Å². The SMILES string of the molecule is Cl.Cl.Cl.Cl.OCCCO.